The van der Waals surface area contributed by atoms with Gasteiger partial charge in [0.1, 0.15) is 0 Å². The van der Waals surface area contributed by atoms with Gasteiger partial charge in [0.15, 0.2) is 5.78 Å². The van der Waals surface area contributed by atoms with Crippen molar-refractivity contribution in [3.05, 3.63) is 76.1 Å². The number of nitrogens with one attached hydrogen (secondary N) is 2. The van der Waals surface area contributed by atoms with E-state index in [9.17, 15) is 22.8 Å². The van der Waals surface area contributed by atoms with Crippen molar-refractivity contribution < 1.29 is 27.5 Å². The molecule has 0 saturated heterocycles. The van der Waals surface area contributed by atoms with E-state index in [2.05, 4.69) is 10.3 Å². The molecule has 0 atom stereocenters. The zero-order valence-corrected chi connectivity index (χ0v) is 24.7. The van der Waals surface area contributed by atoms with Crippen LogP contribution in [0.2, 0.25) is 0 Å². The van der Waals surface area contributed by atoms with Crippen LogP contribution < -0.4 is 9.62 Å². The molecule has 0 bridgehead atoms. The van der Waals surface area contributed by atoms with Crippen molar-refractivity contribution in [2.45, 2.75) is 57.8 Å². The van der Waals surface area contributed by atoms with Crippen LogP contribution in [0.5, 0.6) is 0 Å². The van der Waals surface area contributed by atoms with Crippen molar-refractivity contribution in [1.82, 2.24) is 4.98 Å². The highest BCUT2D eigenvalue weighted by Gasteiger charge is 2.36. The molecule has 1 amide bonds. The number of anilines is 2. The Balaban J connectivity index is 1.41. The summed E-state index contributed by atoms with van der Waals surface area (Å²) in [6, 6.07) is 12.1. The number of ether oxygens (including phenoxy) is 1. The number of hydrogen-bond donors (Lipinski definition) is 2. The highest BCUT2D eigenvalue weighted by molar-refractivity contribution is 7.92. The molecule has 1 aromatic heterocycles. The van der Waals surface area contributed by atoms with Gasteiger partial charge in [0, 0.05) is 47.6 Å². The summed E-state index contributed by atoms with van der Waals surface area (Å²) < 4.78 is 34.0. The van der Waals surface area contributed by atoms with Crippen LogP contribution in [0.25, 0.3) is 11.6 Å². The number of para-hydroxylation sites is 1. The summed E-state index contributed by atoms with van der Waals surface area (Å²) in [5.74, 6) is -0.741. The lowest BCUT2D eigenvalue weighted by Gasteiger charge is -2.28. The zero-order chi connectivity index (χ0) is 29.8. The van der Waals surface area contributed by atoms with Gasteiger partial charge in [0.25, 0.3) is 15.9 Å². The van der Waals surface area contributed by atoms with Crippen LogP contribution in [0.15, 0.2) is 47.4 Å². The lowest BCUT2D eigenvalue weighted by Crippen LogP contribution is -2.29. The second-order valence-electron chi connectivity index (χ2n) is 11.8. The van der Waals surface area contributed by atoms with E-state index in [1.54, 1.807) is 25.1 Å². The van der Waals surface area contributed by atoms with Gasteiger partial charge in [-0.3, -0.25) is 18.7 Å². The number of fused-ring (bicyclic) bond motifs is 3. The van der Waals surface area contributed by atoms with Gasteiger partial charge in [-0.15, -0.1) is 0 Å². The topological polar surface area (TPSA) is 126 Å². The molecule has 0 unspecified atom stereocenters. The molecule has 6 rings (SSSR count). The van der Waals surface area contributed by atoms with Gasteiger partial charge < -0.3 is 15.0 Å². The minimum atomic E-state index is -3.88. The van der Waals surface area contributed by atoms with E-state index in [0.717, 1.165) is 11.3 Å². The maximum absolute atomic E-state index is 13.7. The number of hydrogen-bond acceptors (Lipinski definition) is 6. The molecular formula is C32H33N3O6S. The summed E-state index contributed by atoms with van der Waals surface area (Å²) in [6.07, 6.45) is 3.69. The van der Waals surface area contributed by atoms with Gasteiger partial charge in [0.05, 0.1) is 22.8 Å². The first-order chi connectivity index (χ1) is 20.0. The van der Waals surface area contributed by atoms with Crippen LogP contribution in [0.3, 0.4) is 0 Å². The van der Waals surface area contributed by atoms with E-state index in [1.165, 1.54) is 16.4 Å². The fourth-order valence-corrected chi connectivity index (χ4v) is 7.82. The fourth-order valence-electron chi connectivity index (χ4n) is 6.29. The maximum atomic E-state index is 13.7. The molecule has 3 aromatic rings. The summed E-state index contributed by atoms with van der Waals surface area (Å²) in [5, 5.41) is 2.83. The van der Waals surface area contributed by atoms with Crippen molar-refractivity contribution in [2.24, 2.45) is 5.41 Å². The number of sulfonamides is 1. The maximum Gasteiger partial charge on any atom is 0.306 e. The molecule has 3 aliphatic rings. The predicted octanol–water partition coefficient (Wildman–Crippen LogP) is 4.91. The second kappa shape index (κ2) is 10.3. The minimum absolute atomic E-state index is 0.00319. The van der Waals surface area contributed by atoms with Crippen molar-refractivity contribution in [2.75, 3.05) is 22.8 Å². The first kappa shape index (κ1) is 28.0. The lowest BCUT2D eigenvalue weighted by atomic mass is 9.75. The van der Waals surface area contributed by atoms with Gasteiger partial charge in [0.2, 0.25) is 0 Å². The molecule has 0 spiro atoms. The van der Waals surface area contributed by atoms with Crippen LogP contribution >= 0.6 is 0 Å². The number of carbonyl (C=O) groups excluding carboxylic acids is 3. The normalized spacial score (nSPS) is 18.1. The number of benzene rings is 2. The Hall–Kier alpha value is -4.18. The van der Waals surface area contributed by atoms with Crippen LogP contribution in [0.1, 0.15) is 72.0 Å². The van der Waals surface area contributed by atoms with Crippen molar-refractivity contribution >= 4 is 50.7 Å². The molecule has 42 heavy (non-hydrogen) atoms. The quantitative estimate of drug-likeness (QED) is 0.299. The number of Topliss-reactive ketones (excluding diaryl/α,β-unsaturated/α-hetero) is 1. The largest absolute Gasteiger partial charge is 0.466 e. The van der Waals surface area contributed by atoms with Crippen molar-refractivity contribution in [1.29, 1.82) is 0 Å². The number of aromatic amines is 1. The van der Waals surface area contributed by atoms with E-state index < -0.39 is 10.0 Å². The van der Waals surface area contributed by atoms with E-state index in [0.29, 0.717) is 59.6 Å². The monoisotopic (exact) mass is 587 g/mol. The Morgan fingerprint density at radius 3 is 2.69 bits per heavy atom. The van der Waals surface area contributed by atoms with Crippen molar-refractivity contribution in [3.8, 4) is 0 Å². The summed E-state index contributed by atoms with van der Waals surface area (Å²) in [6.45, 7) is 6.42. The molecule has 9 nitrogen and oxygen atoms in total. The average Bonchev–Trinajstić information content (AvgIpc) is 3.60. The Morgan fingerprint density at radius 2 is 1.90 bits per heavy atom. The van der Waals surface area contributed by atoms with Gasteiger partial charge in [-0.25, -0.2) is 8.42 Å². The number of aromatic nitrogens is 1. The van der Waals surface area contributed by atoms with Gasteiger partial charge in [-0.2, -0.15) is 0 Å². The van der Waals surface area contributed by atoms with Gasteiger partial charge in [-0.1, -0.05) is 32.0 Å². The number of rotatable bonds is 7. The van der Waals surface area contributed by atoms with Crippen molar-refractivity contribution in [3.63, 3.8) is 0 Å². The SMILES string of the molecule is CCOC(=O)CCc1c(C=C2C(=O)Nc3ccc(S(=O)(=O)N4CCc5ccccc54)cc32)[nH]c2c1C(=O)CC(C)(C)C2. The molecule has 0 fully saturated rings. The Kier molecular flexibility index (Phi) is 6.84. The standard InChI is InChI=1S/C32H33N3O6S/c1-4-41-29(37)12-10-21-25(33-26-17-32(2,3)18-28(36)30(21)26)16-23-22-15-20(9-11-24(22)34-31(23)38)42(39,40)35-14-13-19-7-5-6-8-27(19)35/h5-9,11,15-16,33H,4,10,12-14,17-18H2,1-3H3,(H,34,38). The average molecular weight is 588 g/mol. The smallest absolute Gasteiger partial charge is 0.306 e. The number of ketones is 1. The molecule has 2 aliphatic heterocycles. The molecule has 2 aromatic carbocycles. The van der Waals surface area contributed by atoms with E-state index in [-0.39, 0.29) is 53.0 Å². The predicted molar refractivity (Wildman–Crippen MR) is 160 cm³/mol. The third-order valence-electron chi connectivity index (χ3n) is 8.17. The molecule has 218 valence electrons. The number of carbonyl (C=O) groups is 3. The number of H-pyrrole nitrogens is 1. The first-order valence-electron chi connectivity index (χ1n) is 14.2. The zero-order valence-electron chi connectivity index (χ0n) is 23.9. The number of nitrogens with zero attached hydrogens (tertiary/aromatic N) is 1. The Bertz CT molecular complexity index is 1780. The molecule has 2 N–H and O–H groups in total. The summed E-state index contributed by atoms with van der Waals surface area (Å²) in [4.78, 5) is 42.1. The molecule has 0 saturated carbocycles. The van der Waals surface area contributed by atoms with Crippen LogP contribution in [0.4, 0.5) is 11.4 Å². The highest BCUT2D eigenvalue weighted by Crippen LogP contribution is 2.41. The third-order valence-corrected chi connectivity index (χ3v) is 9.98. The van der Waals surface area contributed by atoms with Crippen LogP contribution in [0, 0.1) is 5.41 Å². The number of esters is 1. The molecule has 1 aliphatic carbocycles. The third kappa shape index (κ3) is 4.83. The molecule has 0 radical (unpaired) electrons. The van der Waals surface area contributed by atoms with E-state index in [1.807, 2.05) is 32.0 Å². The van der Waals surface area contributed by atoms with Crippen LogP contribution in [-0.4, -0.2) is 44.2 Å². The Labute approximate surface area is 245 Å². The molecule has 3 heterocycles. The second-order valence-corrected chi connectivity index (χ2v) is 13.7. The van der Waals surface area contributed by atoms with E-state index >= 15 is 0 Å². The fraction of sp³-hybridized carbons (Fsp3) is 0.344. The number of amides is 1. The Morgan fingerprint density at radius 1 is 1.12 bits per heavy atom. The minimum Gasteiger partial charge on any atom is -0.466 e. The molecule has 10 heteroatoms. The summed E-state index contributed by atoms with van der Waals surface area (Å²) >= 11 is 0. The van der Waals surface area contributed by atoms with Gasteiger partial charge in [-0.05, 0) is 73.1 Å². The van der Waals surface area contributed by atoms with E-state index in [4.69, 9.17) is 4.74 Å². The summed E-state index contributed by atoms with van der Waals surface area (Å²) in [5.41, 5.74) is 5.26. The first-order valence-corrected chi connectivity index (χ1v) is 15.6. The molecular weight excluding hydrogens is 554 g/mol. The van der Waals surface area contributed by atoms with Crippen LogP contribution in [-0.2, 0) is 43.6 Å². The summed E-state index contributed by atoms with van der Waals surface area (Å²) in [7, 11) is -3.88. The highest BCUT2D eigenvalue weighted by atomic mass is 32.2. The van der Waals surface area contributed by atoms with Gasteiger partial charge >= 0.3 is 5.97 Å². The lowest BCUT2D eigenvalue weighted by molar-refractivity contribution is -0.143.